The van der Waals surface area contributed by atoms with Gasteiger partial charge in [0, 0.05) is 9.41 Å². The first kappa shape index (κ1) is 15.2. The number of benzene rings is 1. The van der Waals surface area contributed by atoms with Gasteiger partial charge < -0.3 is 0 Å². The minimum atomic E-state index is -4.23. The van der Waals surface area contributed by atoms with Gasteiger partial charge in [-0.05, 0) is 23.5 Å². The third-order valence-corrected chi connectivity index (χ3v) is 6.23. The molecule has 17 heavy (non-hydrogen) atoms. The molecule has 0 fully saturated rings. The molecule has 0 spiro atoms. The Bertz CT molecular complexity index is 381. The van der Waals surface area contributed by atoms with Crippen LogP contribution in [0.4, 0.5) is 21.3 Å². The van der Waals surface area contributed by atoms with Crippen molar-refractivity contribution in [2.24, 2.45) is 4.52 Å². The maximum absolute atomic E-state index is 13.2. The average molecular weight is 325 g/mol. The molecule has 0 aliphatic heterocycles. The van der Waals surface area contributed by atoms with E-state index in [0.29, 0.717) is 16.3 Å². The van der Waals surface area contributed by atoms with Gasteiger partial charge in [0.05, 0.1) is 4.20 Å². The second kappa shape index (κ2) is 7.55. The lowest BCUT2D eigenvalue weighted by Crippen LogP contribution is -1.84. The maximum atomic E-state index is 13.2. The summed E-state index contributed by atoms with van der Waals surface area (Å²) in [4.78, 5) is 0.474. The average Bonchev–Trinajstić information content (AvgIpc) is 2.28. The summed E-state index contributed by atoms with van der Waals surface area (Å²) in [6.45, 7) is 0. The van der Waals surface area contributed by atoms with Crippen molar-refractivity contribution in [3.63, 3.8) is 0 Å². The van der Waals surface area contributed by atoms with E-state index in [1.54, 1.807) is 30.3 Å². The van der Waals surface area contributed by atoms with E-state index in [-0.39, 0.29) is 0 Å². The lowest BCUT2D eigenvalue weighted by atomic mass is 10.4. The molecule has 1 rings (SSSR count). The van der Waals surface area contributed by atoms with Crippen LogP contribution in [-0.2, 0) is 0 Å². The van der Waals surface area contributed by atoms with Crippen LogP contribution in [-0.4, -0.2) is 4.66 Å². The Kier molecular flexibility index (Phi) is 6.75. The van der Waals surface area contributed by atoms with Crippen molar-refractivity contribution in [3.05, 3.63) is 30.3 Å². The van der Waals surface area contributed by atoms with Crippen LogP contribution in [0.1, 0.15) is 0 Å². The predicted molar refractivity (Wildman–Crippen MR) is 62.9 cm³/mol. The highest BCUT2D eigenvalue weighted by Gasteiger charge is 2.39. The van der Waals surface area contributed by atoms with Crippen molar-refractivity contribution in [1.29, 1.82) is 0 Å². The van der Waals surface area contributed by atoms with Crippen molar-refractivity contribution in [1.82, 2.24) is 4.66 Å². The first-order valence-electron chi connectivity index (χ1n) is 3.94. The molecule has 0 saturated carbocycles. The molecule has 0 N–H and O–H groups in total. The van der Waals surface area contributed by atoms with Gasteiger partial charge in [0.2, 0.25) is 0 Å². The van der Waals surface area contributed by atoms with E-state index in [2.05, 4.69) is 4.52 Å². The quantitative estimate of drug-likeness (QED) is 0.336. The zero-order valence-electron chi connectivity index (χ0n) is 7.92. The summed E-state index contributed by atoms with van der Waals surface area (Å²) in [6.07, 6.45) is 0. The second-order valence-corrected chi connectivity index (χ2v) is 7.62. The van der Waals surface area contributed by atoms with Crippen molar-refractivity contribution >= 4 is 35.8 Å². The predicted octanol–water partition coefficient (Wildman–Crippen LogP) is 6.79. The standard InChI is InChI=1S/C6H5F5N2P3S/c7-13(14(8)9)15(10)12-16(11)17-6-4-2-1-3-5-6/h1-5H/q+1. The molecule has 0 amide bonds. The Balaban J connectivity index is 2.60. The highest BCUT2D eigenvalue weighted by atomic mass is 32.7. The van der Waals surface area contributed by atoms with Crippen molar-refractivity contribution in [3.8, 4) is 0 Å². The number of hydrogen-bond acceptors (Lipinski definition) is 2. The summed E-state index contributed by atoms with van der Waals surface area (Å²) < 4.78 is 63.2. The summed E-state index contributed by atoms with van der Waals surface area (Å²) in [6, 6.07) is 8.08. The zero-order chi connectivity index (χ0) is 12.8. The van der Waals surface area contributed by atoms with Gasteiger partial charge >= 0.3 is 24.5 Å². The molecule has 0 aliphatic rings. The number of rotatable bonds is 5. The van der Waals surface area contributed by atoms with Crippen molar-refractivity contribution in [2.45, 2.75) is 4.90 Å². The molecule has 0 aliphatic carbocycles. The van der Waals surface area contributed by atoms with Gasteiger partial charge in [-0.15, -0.1) is 0 Å². The molecule has 1 aromatic carbocycles. The molecule has 2 unspecified atom stereocenters. The van der Waals surface area contributed by atoms with E-state index in [0.717, 1.165) is 0 Å². The van der Waals surface area contributed by atoms with Crippen LogP contribution in [0.3, 0.4) is 0 Å². The number of halogens is 5. The van der Waals surface area contributed by atoms with Crippen molar-refractivity contribution in [2.75, 3.05) is 0 Å². The van der Waals surface area contributed by atoms with Gasteiger partial charge in [-0.1, -0.05) is 22.7 Å². The summed E-state index contributed by atoms with van der Waals surface area (Å²) in [5.41, 5.74) is 0. The monoisotopic (exact) mass is 325 g/mol. The van der Waals surface area contributed by atoms with Gasteiger partial charge in [0.15, 0.2) is 4.66 Å². The summed E-state index contributed by atoms with van der Waals surface area (Å²) in [5, 5.41) is 0. The smallest absolute Gasteiger partial charge is 0.183 e. The van der Waals surface area contributed by atoms with Crippen LogP contribution < -0.4 is 0 Å². The molecule has 0 aromatic heterocycles. The van der Waals surface area contributed by atoms with E-state index in [4.69, 9.17) is 0 Å². The maximum Gasteiger partial charge on any atom is 0.575 e. The Morgan fingerprint density at radius 1 is 1.18 bits per heavy atom. The van der Waals surface area contributed by atoms with E-state index in [9.17, 15) is 21.3 Å². The molecule has 11 heteroatoms. The fraction of sp³-hybridized carbons (Fsp3) is 0. The molecule has 0 radical (unpaired) electrons. The molecular weight excluding hydrogens is 320 g/mol. The van der Waals surface area contributed by atoms with Crippen LogP contribution in [0.2, 0.25) is 0 Å². The van der Waals surface area contributed by atoms with Gasteiger partial charge in [0.1, 0.15) is 0 Å². The minimum Gasteiger partial charge on any atom is -0.183 e. The third-order valence-electron chi connectivity index (χ3n) is 1.33. The first-order chi connectivity index (χ1) is 8.00. The van der Waals surface area contributed by atoms with Crippen LogP contribution in [0.25, 0.3) is 0 Å². The Hall–Kier alpha value is 0.140. The third kappa shape index (κ3) is 5.54. The highest BCUT2D eigenvalue weighted by Crippen LogP contribution is 2.64. The molecular formula is C6H5F5N2P3S+. The highest BCUT2D eigenvalue weighted by molar-refractivity contribution is 8.54. The normalized spacial score (nSPS) is 14.4. The fourth-order valence-electron chi connectivity index (χ4n) is 0.733. The largest absolute Gasteiger partial charge is 0.575 e. The van der Waals surface area contributed by atoms with Crippen LogP contribution in [0, 0.1) is 0 Å². The SMILES string of the molecule is FN(P(F)F)[P+](F)=NP(F)Sc1ccccc1. The minimum absolute atomic E-state index is 0.474. The van der Waals surface area contributed by atoms with Crippen LogP contribution >= 0.6 is 35.8 Å². The number of nitrogens with zero attached hydrogens (tertiary/aromatic N) is 2. The topological polar surface area (TPSA) is 15.6 Å². The lowest BCUT2D eigenvalue weighted by molar-refractivity contribution is 0.251. The second-order valence-electron chi connectivity index (χ2n) is 2.42. The van der Waals surface area contributed by atoms with Crippen LogP contribution in [0.15, 0.2) is 39.7 Å². The van der Waals surface area contributed by atoms with Gasteiger partial charge in [-0.3, -0.25) is 0 Å². The Labute approximate surface area is 102 Å². The van der Waals surface area contributed by atoms with E-state index in [1.165, 1.54) is 0 Å². The Morgan fingerprint density at radius 3 is 2.29 bits per heavy atom. The molecule has 94 valence electrons. The summed E-state index contributed by atoms with van der Waals surface area (Å²) >= 11 is 0.578. The Morgan fingerprint density at radius 2 is 1.76 bits per heavy atom. The molecule has 1 aromatic rings. The van der Waals surface area contributed by atoms with E-state index in [1.807, 2.05) is 0 Å². The van der Waals surface area contributed by atoms with Crippen molar-refractivity contribution < 1.29 is 21.3 Å². The fourth-order valence-corrected chi connectivity index (χ4v) is 4.59. The van der Waals surface area contributed by atoms with E-state index < -0.39 is 29.1 Å². The molecule has 2 nitrogen and oxygen atoms in total. The van der Waals surface area contributed by atoms with Gasteiger partial charge in [0.25, 0.3) is 0 Å². The first-order valence-corrected chi connectivity index (χ1v) is 8.76. The lowest BCUT2D eigenvalue weighted by Gasteiger charge is -1.97. The molecule has 0 saturated heterocycles. The molecule has 2 atom stereocenters. The van der Waals surface area contributed by atoms with Gasteiger partial charge in [-0.25, -0.2) is 0 Å². The van der Waals surface area contributed by atoms with Crippen LogP contribution in [0.5, 0.6) is 0 Å². The molecule has 0 heterocycles. The number of hydrogen-bond donors (Lipinski definition) is 0. The summed E-state index contributed by atoms with van der Waals surface area (Å²) in [7, 11) is -10.6. The van der Waals surface area contributed by atoms with E-state index >= 15 is 0 Å². The zero-order valence-corrected chi connectivity index (χ0v) is 11.4. The molecule has 0 bridgehead atoms. The van der Waals surface area contributed by atoms with Gasteiger partial charge in [-0.2, -0.15) is 12.6 Å². The summed E-state index contributed by atoms with van der Waals surface area (Å²) in [5.74, 6) is 0.